The number of fused-ring (bicyclic) bond motifs is 1. The van der Waals surface area contributed by atoms with Crippen molar-refractivity contribution in [1.82, 2.24) is 29.0 Å². The zero-order valence-corrected chi connectivity index (χ0v) is 24.2. The minimum atomic E-state index is -0.951. The van der Waals surface area contributed by atoms with Crippen molar-refractivity contribution in [3.63, 3.8) is 0 Å². The number of ether oxygens (including phenoxy) is 1. The van der Waals surface area contributed by atoms with Crippen molar-refractivity contribution < 1.29 is 19.0 Å². The van der Waals surface area contributed by atoms with Gasteiger partial charge in [-0.15, -0.1) is 11.3 Å². The van der Waals surface area contributed by atoms with Gasteiger partial charge in [0.1, 0.15) is 28.0 Å². The van der Waals surface area contributed by atoms with Crippen molar-refractivity contribution in [2.45, 2.75) is 39.6 Å². The molecule has 1 aliphatic heterocycles. The molecule has 43 heavy (non-hydrogen) atoms. The maximum atomic E-state index is 14.2. The maximum Gasteiger partial charge on any atom is 0.346 e. The second-order valence-corrected chi connectivity index (χ2v) is 11.2. The minimum absolute atomic E-state index is 0.0118. The van der Waals surface area contributed by atoms with Gasteiger partial charge in [0.05, 0.1) is 48.0 Å². The summed E-state index contributed by atoms with van der Waals surface area (Å²) >= 11 is 1.19. The van der Waals surface area contributed by atoms with Gasteiger partial charge >= 0.3 is 5.97 Å². The Labute approximate surface area is 250 Å². The number of pyridine rings is 1. The van der Waals surface area contributed by atoms with Crippen LogP contribution in [0.3, 0.4) is 0 Å². The minimum Gasteiger partial charge on any atom is -0.477 e. The van der Waals surface area contributed by atoms with E-state index in [1.807, 2.05) is 24.4 Å². The number of nitriles is 1. The first-order valence-corrected chi connectivity index (χ1v) is 14.6. The lowest BCUT2D eigenvalue weighted by atomic mass is 10.0. The third-order valence-electron chi connectivity index (χ3n) is 7.47. The Bertz CT molecular complexity index is 1880. The number of aromatic carboxylic acids is 1. The summed E-state index contributed by atoms with van der Waals surface area (Å²) in [6, 6.07) is 13.5. The monoisotopic (exact) mass is 597 g/mol. The Balaban J connectivity index is 1.16. The third-order valence-corrected chi connectivity index (χ3v) is 8.47. The molecule has 6 rings (SSSR count). The highest BCUT2D eigenvalue weighted by Crippen LogP contribution is 2.29. The number of carbonyl (C=O) groups is 1. The van der Waals surface area contributed by atoms with Gasteiger partial charge in [-0.2, -0.15) is 5.26 Å². The van der Waals surface area contributed by atoms with Crippen LogP contribution < -0.4 is 4.74 Å². The largest absolute Gasteiger partial charge is 0.477 e. The zero-order chi connectivity index (χ0) is 29.9. The van der Waals surface area contributed by atoms with Gasteiger partial charge in [0.2, 0.25) is 5.88 Å². The summed E-state index contributed by atoms with van der Waals surface area (Å²) in [4.78, 5) is 28.7. The Morgan fingerprint density at radius 3 is 2.84 bits per heavy atom. The second-order valence-electron chi connectivity index (χ2n) is 10.2. The number of rotatable bonds is 10. The van der Waals surface area contributed by atoms with Gasteiger partial charge in [0.15, 0.2) is 0 Å². The van der Waals surface area contributed by atoms with Crippen molar-refractivity contribution in [3.05, 3.63) is 100 Å². The fourth-order valence-corrected chi connectivity index (χ4v) is 6.03. The number of hydrogen-bond acceptors (Lipinski definition) is 8. The Hall–Kier alpha value is -4.86. The fraction of sp³-hybridized carbons (Fsp3) is 0.258. The van der Waals surface area contributed by atoms with Crippen molar-refractivity contribution in [1.29, 1.82) is 5.26 Å². The molecular weight excluding hydrogens is 569 g/mol. The molecule has 12 heteroatoms. The van der Waals surface area contributed by atoms with Crippen LogP contribution in [0, 0.1) is 17.1 Å². The number of halogens is 1. The highest BCUT2D eigenvalue weighted by Gasteiger charge is 2.22. The van der Waals surface area contributed by atoms with E-state index in [9.17, 15) is 14.3 Å². The first kappa shape index (κ1) is 28.3. The van der Waals surface area contributed by atoms with Crippen LogP contribution in [0.5, 0.6) is 5.88 Å². The summed E-state index contributed by atoms with van der Waals surface area (Å²) in [5, 5.41) is 18.5. The lowest BCUT2D eigenvalue weighted by molar-refractivity contribution is 0.0702. The fourth-order valence-electron chi connectivity index (χ4n) is 5.14. The van der Waals surface area contributed by atoms with E-state index in [1.165, 1.54) is 17.4 Å². The van der Waals surface area contributed by atoms with E-state index in [4.69, 9.17) is 15.0 Å². The molecule has 0 saturated carbocycles. The van der Waals surface area contributed by atoms with E-state index in [0.717, 1.165) is 47.8 Å². The van der Waals surface area contributed by atoms with E-state index in [1.54, 1.807) is 30.6 Å². The molecule has 1 N–H and O–H groups in total. The number of imidazole rings is 2. The summed E-state index contributed by atoms with van der Waals surface area (Å²) < 4.78 is 24.2. The SMILES string of the molecule is CCn1cncc1Cn1c(CN2CC=C(c3cccc(OCc4ccc(C#N)cc4F)n3)CC2)nc2sc(C(=O)O)cc21. The average Bonchev–Trinajstić information content (AvgIpc) is 3.73. The molecule has 1 aromatic carbocycles. The first-order valence-electron chi connectivity index (χ1n) is 13.8. The molecular formula is C31H28FN7O3S. The van der Waals surface area contributed by atoms with Crippen molar-refractivity contribution in [2.75, 3.05) is 13.1 Å². The van der Waals surface area contributed by atoms with Gasteiger partial charge in [0, 0.05) is 37.5 Å². The van der Waals surface area contributed by atoms with E-state index in [0.29, 0.717) is 35.9 Å². The van der Waals surface area contributed by atoms with E-state index < -0.39 is 11.8 Å². The summed E-state index contributed by atoms with van der Waals surface area (Å²) in [6.45, 7) is 5.52. The van der Waals surface area contributed by atoms with Crippen LogP contribution in [0.25, 0.3) is 15.9 Å². The molecule has 0 bridgehead atoms. The molecule has 0 fully saturated rings. The number of benzene rings is 1. The molecule has 218 valence electrons. The smallest absolute Gasteiger partial charge is 0.346 e. The first-order chi connectivity index (χ1) is 20.9. The summed E-state index contributed by atoms with van der Waals surface area (Å²) in [6.07, 6.45) is 6.57. The zero-order valence-electron chi connectivity index (χ0n) is 23.4. The van der Waals surface area contributed by atoms with Gasteiger partial charge in [-0.05, 0) is 43.2 Å². The molecule has 0 atom stereocenters. The Kier molecular flexibility index (Phi) is 8.00. The number of nitrogens with zero attached hydrogens (tertiary/aromatic N) is 7. The number of thiophene rings is 1. The summed E-state index contributed by atoms with van der Waals surface area (Å²) in [5.74, 6) is -0.154. The molecule has 10 nitrogen and oxygen atoms in total. The van der Waals surface area contributed by atoms with E-state index >= 15 is 0 Å². The molecule has 0 amide bonds. The highest BCUT2D eigenvalue weighted by atomic mass is 32.1. The number of carboxylic acid groups (broad SMARTS) is 1. The molecule has 0 spiro atoms. The molecule has 0 saturated heterocycles. The van der Waals surface area contributed by atoms with Crippen molar-refractivity contribution in [3.8, 4) is 11.9 Å². The normalized spacial score (nSPS) is 13.7. The second kappa shape index (κ2) is 12.2. The number of aromatic nitrogens is 5. The molecule has 5 heterocycles. The van der Waals surface area contributed by atoms with Crippen molar-refractivity contribution >= 4 is 33.2 Å². The molecule has 4 aromatic heterocycles. The molecule has 5 aromatic rings. The van der Waals surface area contributed by atoms with Crippen LogP contribution in [0.2, 0.25) is 0 Å². The predicted molar refractivity (Wildman–Crippen MR) is 159 cm³/mol. The van der Waals surface area contributed by atoms with Crippen LogP contribution >= 0.6 is 11.3 Å². The van der Waals surface area contributed by atoms with Crippen LogP contribution in [0.15, 0.2) is 61.1 Å². The lowest BCUT2D eigenvalue weighted by Gasteiger charge is -2.26. The molecule has 1 aliphatic rings. The van der Waals surface area contributed by atoms with E-state index in [2.05, 4.69) is 37.0 Å². The van der Waals surface area contributed by atoms with Crippen LogP contribution in [0.1, 0.15) is 51.4 Å². The topological polar surface area (TPSA) is 122 Å². The van der Waals surface area contributed by atoms with Gasteiger partial charge in [-0.3, -0.25) is 4.90 Å². The van der Waals surface area contributed by atoms with Gasteiger partial charge in [-0.25, -0.2) is 24.1 Å². The highest BCUT2D eigenvalue weighted by molar-refractivity contribution is 7.20. The van der Waals surface area contributed by atoms with Crippen LogP contribution in [-0.2, 0) is 26.2 Å². The Morgan fingerprint density at radius 2 is 2.09 bits per heavy atom. The standard InChI is InChI=1S/C31H28FN7O3S/c1-2-38-19-34-15-23(38)16-39-26-13-27(31(40)41)43-30(26)36-28(39)17-37-10-8-21(9-11-37)25-4-3-5-29(35-25)42-18-22-7-6-20(14-33)12-24(22)32/h3-8,12-13,15,19H,2,9-11,16-18H2,1H3,(H,40,41). The van der Waals surface area contributed by atoms with Crippen molar-refractivity contribution in [2.24, 2.45) is 0 Å². The molecule has 0 unspecified atom stereocenters. The van der Waals surface area contributed by atoms with E-state index in [-0.39, 0.29) is 17.0 Å². The molecule has 0 aliphatic carbocycles. The van der Waals surface area contributed by atoms with Gasteiger partial charge in [-0.1, -0.05) is 18.2 Å². The lowest BCUT2D eigenvalue weighted by Crippen LogP contribution is -2.29. The summed E-state index contributed by atoms with van der Waals surface area (Å²) in [5.41, 5.74) is 4.38. The maximum absolute atomic E-state index is 14.2. The quantitative estimate of drug-likeness (QED) is 0.229. The third kappa shape index (κ3) is 6.04. The predicted octanol–water partition coefficient (Wildman–Crippen LogP) is 5.33. The van der Waals surface area contributed by atoms with Crippen LogP contribution in [-0.4, -0.2) is 53.2 Å². The molecule has 0 radical (unpaired) electrons. The number of aryl methyl sites for hydroxylation is 1. The number of carboxylic acids is 1. The van der Waals surface area contributed by atoms with Gasteiger partial charge < -0.3 is 19.0 Å². The average molecular weight is 598 g/mol. The number of hydrogen-bond donors (Lipinski definition) is 1. The van der Waals surface area contributed by atoms with Crippen LogP contribution in [0.4, 0.5) is 4.39 Å². The Morgan fingerprint density at radius 1 is 1.21 bits per heavy atom. The summed E-state index contributed by atoms with van der Waals surface area (Å²) in [7, 11) is 0. The van der Waals surface area contributed by atoms with Gasteiger partial charge in [0.25, 0.3) is 0 Å².